The lowest BCUT2D eigenvalue weighted by molar-refractivity contribution is -0.870. The van der Waals surface area contributed by atoms with E-state index in [1.54, 1.807) is 6.08 Å². The van der Waals surface area contributed by atoms with Gasteiger partial charge in [-0.3, -0.25) is 9.05 Å². The second-order valence-corrected chi connectivity index (χ2v) is 12.0. The predicted molar refractivity (Wildman–Crippen MR) is 164 cm³/mol. The zero-order valence-electron chi connectivity index (χ0n) is 25.2. The number of nitrogens with zero attached hydrogens (tertiary/aromatic N) is 1. The molecule has 8 heteroatoms. The standard InChI is InChI=1S/C31H56NO6P/c1-6-8-9-10-11-12-13-14-15-16-17-18-19-20-21-22-23-24-27-36-31(29-35-26-7-2)30-38-39(33,34)37-28-25-32(3,4)5/h7,11-12,14-15,17-18,20-21,31H,2,6,8-10,13,16,19,22-30H2,1,3-5H3/p+1/b12-11-,15-14-,18-17-,21-20-/t31-/m1/s1. The van der Waals surface area contributed by atoms with Crippen LogP contribution >= 0.6 is 7.82 Å². The van der Waals surface area contributed by atoms with Crippen LogP contribution in [0.15, 0.2) is 61.3 Å². The average molecular weight is 571 g/mol. The molecule has 0 aromatic heterocycles. The van der Waals surface area contributed by atoms with E-state index in [-0.39, 0.29) is 19.8 Å². The van der Waals surface area contributed by atoms with E-state index in [2.05, 4.69) is 62.1 Å². The van der Waals surface area contributed by atoms with Gasteiger partial charge in [0, 0.05) is 6.61 Å². The number of unbranched alkanes of at least 4 members (excludes halogenated alkanes) is 5. The van der Waals surface area contributed by atoms with Crippen molar-refractivity contribution < 1.29 is 32.5 Å². The minimum Gasteiger partial charge on any atom is -0.375 e. The number of phosphoric acid groups is 1. The number of hydrogen-bond acceptors (Lipinski definition) is 5. The van der Waals surface area contributed by atoms with Gasteiger partial charge in [0.25, 0.3) is 0 Å². The second kappa shape index (κ2) is 25.6. The van der Waals surface area contributed by atoms with Crippen molar-refractivity contribution in [2.75, 3.05) is 60.7 Å². The third-order valence-corrected chi connectivity index (χ3v) is 6.54. The number of phosphoric ester groups is 1. The Bertz CT molecular complexity index is 742. The van der Waals surface area contributed by atoms with Gasteiger partial charge in [0.2, 0.25) is 0 Å². The Labute approximate surface area is 239 Å². The third-order valence-electron chi connectivity index (χ3n) is 5.56. The monoisotopic (exact) mass is 570 g/mol. The first-order valence-corrected chi connectivity index (χ1v) is 16.0. The van der Waals surface area contributed by atoms with E-state index in [0.29, 0.717) is 24.2 Å². The van der Waals surface area contributed by atoms with Crippen molar-refractivity contribution in [2.45, 2.75) is 77.2 Å². The van der Waals surface area contributed by atoms with E-state index < -0.39 is 13.9 Å². The summed E-state index contributed by atoms with van der Waals surface area (Å²) in [6.07, 6.45) is 29.9. The molecule has 0 heterocycles. The Balaban J connectivity index is 4.02. The van der Waals surface area contributed by atoms with Crippen LogP contribution in [-0.2, 0) is 23.1 Å². The fraction of sp³-hybridized carbons (Fsp3) is 0.677. The number of rotatable bonds is 27. The van der Waals surface area contributed by atoms with Crippen LogP contribution in [0.1, 0.15) is 71.1 Å². The normalized spacial score (nSPS) is 15.2. The van der Waals surface area contributed by atoms with Crippen LogP contribution < -0.4 is 0 Å². The maximum Gasteiger partial charge on any atom is 0.472 e. The number of hydrogen-bond donors (Lipinski definition) is 1. The molecule has 0 spiro atoms. The minimum absolute atomic E-state index is 0.0769. The molecule has 0 saturated heterocycles. The second-order valence-electron chi connectivity index (χ2n) is 10.5. The quantitative estimate of drug-likeness (QED) is 0.0475. The van der Waals surface area contributed by atoms with E-state index in [9.17, 15) is 9.46 Å². The number of likely N-dealkylation sites (N-methyl/N-ethyl adjacent to an activating group) is 1. The van der Waals surface area contributed by atoms with Crippen molar-refractivity contribution in [1.82, 2.24) is 0 Å². The molecular formula is C31H57NO6P+. The molecule has 0 bridgehead atoms. The van der Waals surface area contributed by atoms with Crippen LogP contribution in [0.25, 0.3) is 0 Å². The summed E-state index contributed by atoms with van der Waals surface area (Å²) in [5, 5.41) is 0. The van der Waals surface area contributed by atoms with E-state index in [1.807, 2.05) is 21.1 Å². The topological polar surface area (TPSA) is 74.2 Å². The van der Waals surface area contributed by atoms with Crippen LogP contribution in [0, 0.1) is 0 Å². The average Bonchev–Trinajstić information content (AvgIpc) is 2.87. The van der Waals surface area contributed by atoms with Gasteiger partial charge in [-0.15, -0.1) is 6.58 Å². The first kappa shape index (κ1) is 37.7. The Kier molecular flexibility index (Phi) is 24.8. The van der Waals surface area contributed by atoms with Gasteiger partial charge in [-0.2, -0.15) is 0 Å². The van der Waals surface area contributed by atoms with E-state index in [1.165, 1.54) is 25.7 Å². The molecule has 0 aromatic carbocycles. The lowest BCUT2D eigenvalue weighted by Gasteiger charge is -2.24. The van der Waals surface area contributed by atoms with Crippen molar-refractivity contribution in [2.24, 2.45) is 0 Å². The van der Waals surface area contributed by atoms with Gasteiger partial charge in [0.15, 0.2) is 0 Å². The Hall–Kier alpha value is -1.31. The fourth-order valence-electron chi connectivity index (χ4n) is 3.25. The number of allylic oxidation sites excluding steroid dienone is 8. The summed E-state index contributed by atoms with van der Waals surface area (Å²) in [5.41, 5.74) is 0. The van der Waals surface area contributed by atoms with Crippen molar-refractivity contribution >= 4 is 7.82 Å². The number of ether oxygens (including phenoxy) is 2. The van der Waals surface area contributed by atoms with Gasteiger partial charge in [0.05, 0.1) is 41.0 Å². The van der Waals surface area contributed by atoms with E-state index in [4.69, 9.17) is 18.5 Å². The van der Waals surface area contributed by atoms with Crippen molar-refractivity contribution in [3.8, 4) is 0 Å². The van der Waals surface area contributed by atoms with Gasteiger partial charge in [-0.25, -0.2) is 4.57 Å². The highest BCUT2D eigenvalue weighted by molar-refractivity contribution is 7.47. The maximum atomic E-state index is 12.2. The Morgan fingerprint density at radius 2 is 1.36 bits per heavy atom. The zero-order chi connectivity index (χ0) is 29.1. The smallest absolute Gasteiger partial charge is 0.375 e. The lowest BCUT2D eigenvalue weighted by Crippen LogP contribution is -2.37. The summed E-state index contributed by atoms with van der Waals surface area (Å²) in [7, 11) is 1.81. The molecule has 0 rings (SSSR count). The summed E-state index contributed by atoms with van der Waals surface area (Å²) >= 11 is 0. The molecule has 2 atom stereocenters. The molecule has 0 fully saturated rings. The molecule has 39 heavy (non-hydrogen) atoms. The highest BCUT2D eigenvalue weighted by Gasteiger charge is 2.25. The molecule has 0 radical (unpaired) electrons. The molecule has 0 saturated carbocycles. The Morgan fingerprint density at radius 3 is 1.90 bits per heavy atom. The van der Waals surface area contributed by atoms with Crippen LogP contribution in [0.3, 0.4) is 0 Å². The van der Waals surface area contributed by atoms with Crippen LogP contribution in [-0.4, -0.2) is 76.2 Å². The lowest BCUT2D eigenvalue weighted by atomic mass is 10.2. The summed E-state index contributed by atoms with van der Waals surface area (Å²) < 4.78 is 34.3. The summed E-state index contributed by atoms with van der Waals surface area (Å²) in [4.78, 5) is 9.94. The van der Waals surface area contributed by atoms with Gasteiger partial charge in [-0.05, 0) is 51.4 Å². The Morgan fingerprint density at radius 1 is 0.795 bits per heavy atom. The van der Waals surface area contributed by atoms with E-state index >= 15 is 0 Å². The first-order chi connectivity index (χ1) is 18.7. The molecule has 0 aliphatic heterocycles. The molecule has 0 amide bonds. The van der Waals surface area contributed by atoms with Gasteiger partial charge < -0.3 is 18.9 Å². The molecule has 0 aliphatic rings. The third kappa shape index (κ3) is 29.5. The van der Waals surface area contributed by atoms with Crippen LogP contribution in [0.4, 0.5) is 0 Å². The van der Waals surface area contributed by atoms with Crippen molar-refractivity contribution in [1.29, 1.82) is 0 Å². The first-order valence-electron chi connectivity index (χ1n) is 14.5. The minimum atomic E-state index is -4.14. The summed E-state index contributed by atoms with van der Waals surface area (Å²) in [5.74, 6) is 0. The fourth-order valence-corrected chi connectivity index (χ4v) is 3.99. The highest BCUT2D eigenvalue weighted by atomic mass is 31.2. The zero-order valence-corrected chi connectivity index (χ0v) is 26.1. The molecular weight excluding hydrogens is 513 g/mol. The summed E-state index contributed by atoms with van der Waals surface area (Å²) in [6, 6.07) is 0. The summed E-state index contributed by atoms with van der Waals surface area (Å²) in [6.45, 7) is 7.67. The molecule has 1 unspecified atom stereocenters. The van der Waals surface area contributed by atoms with Crippen LogP contribution in [0.2, 0.25) is 0 Å². The SMILES string of the molecule is C=CCOC[C@H](COP(=O)(O)OCC[N+](C)(C)C)OCCCC/C=C\C/C=C\C/C=C\C/C=C\CCCCC. The highest BCUT2D eigenvalue weighted by Crippen LogP contribution is 2.43. The largest absolute Gasteiger partial charge is 0.472 e. The van der Waals surface area contributed by atoms with Crippen molar-refractivity contribution in [3.05, 3.63) is 61.3 Å². The van der Waals surface area contributed by atoms with Gasteiger partial charge in [0.1, 0.15) is 19.3 Å². The molecule has 0 aliphatic carbocycles. The molecule has 1 N–H and O–H groups in total. The molecule has 7 nitrogen and oxygen atoms in total. The predicted octanol–water partition coefficient (Wildman–Crippen LogP) is 7.56. The van der Waals surface area contributed by atoms with Gasteiger partial charge >= 0.3 is 7.82 Å². The van der Waals surface area contributed by atoms with Gasteiger partial charge in [-0.1, -0.05) is 74.4 Å². The molecule has 226 valence electrons. The molecule has 0 aromatic rings. The van der Waals surface area contributed by atoms with Crippen LogP contribution in [0.5, 0.6) is 0 Å². The van der Waals surface area contributed by atoms with Crippen molar-refractivity contribution in [3.63, 3.8) is 0 Å². The maximum absolute atomic E-state index is 12.2. The van der Waals surface area contributed by atoms with E-state index in [0.717, 1.165) is 38.5 Å². The number of quaternary nitrogens is 1.